The summed E-state index contributed by atoms with van der Waals surface area (Å²) in [7, 11) is 0. The van der Waals surface area contributed by atoms with Crippen LogP contribution in [0, 0.1) is 0 Å². The first kappa shape index (κ1) is 10.4. The second-order valence-corrected chi connectivity index (χ2v) is 2.76. The Labute approximate surface area is 67.8 Å². The number of rotatable bonds is 5. The van der Waals surface area contributed by atoms with Crippen LogP contribution in [0.5, 0.6) is 0 Å². The lowest BCUT2D eigenvalue weighted by molar-refractivity contribution is -0.121. The highest BCUT2D eigenvalue weighted by atomic mass is 16.3. The van der Waals surface area contributed by atoms with Gasteiger partial charge in [0, 0.05) is 13.0 Å². The maximum absolute atomic E-state index is 10.9. The van der Waals surface area contributed by atoms with Crippen molar-refractivity contribution in [3.05, 3.63) is 0 Å². The molecule has 3 nitrogen and oxygen atoms in total. The van der Waals surface area contributed by atoms with Gasteiger partial charge in [0.1, 0.15) is 0 Å². The van der Waals surface area contributed by atoms with Gasteiger partial charge >= 0.3 is 0 Å². The third-order valence-corrected chi connectivity index (χ3v) is 1.35. The molecule has 0 aliphatic rings. The lowest BCUT2D eigenvalue weighted by atomic mass is 10.2. The van der Waals surface area contributed by atoms with Gasteiger partial charge in [-0.15, -0.1) is 0 Å². The van der Waals surface area contributed by atoms with E-state index in [2.05, 4.69) is 5.32 Å². The Hall–Kier alpha value is -0.570. The maximum atomic E-state index is 10.9. The number of carbonyl (C=O) groups is 1. The minimum absolute atomic E-state index is 0.0350. The number of unbranched alkanes of at least 4 members (excludes halogenated alkanes) is 1. The van der Waals surface area contributed by atoms with Crippen molar-refractivity contribution in [2.24, 2.45) is 0 Å². The smallest absolute Gasteiger partial charge is 0.220 e. The van der Waals surface area contributed by atoms with Gasteiger partial charge in [-0.3, -0.25) is 4.79 Å². The van der Waals surface area contributed by atoms with Crippen molar-refractivity contribution >= 4 is 5.91 Å². The highest BCUT2D eigenvalue weighted by Gasteiger charge is 2.00. The van der Waals surface area contributed by atoms with Crippen LogP contribution in [0.25, 0.3) is 0 Å². The molecule has 2 N–H and O–H groups in total. The SMILES string of the molecule is CCCCC(=O)NC[C@@H](C)O. The second-order valence-electron chi connectivity index (χ2n) is 2.76. The number of hydrogen-bond acceptors (Lipinski definition) is 2. The van der Waals surface area contributed by atoms with Crippen LogP contribution >= 0.6 is 0 Å². The van der Waals surface area contributed by atoms with Crippen LogP contribution in [-0.2, 0) is 4.79 Å². The molecule has 0 bridgehead atoms. The first-order valence-corrected chi connectivity index (χ1v) is 4.11. The first-order valence-electron chi connectivity index (χ1n) is 4.11. The highest BCUT2D eigenvalue weighted by molar-refractivity contribution is 5.75. The molecule has 11 heavy (non-hydrogen) atoms. The van der Waals surface area contributed by atoms with Crippen LogP contribution in [0.1, 0.15) is 33.1 Å². The normalized spacial score (nSPS) is 12.6. The third kappa shape index (κ3) is 7.33. The van der Waals surface area contributed by atoms with Crippen LogP contribution in [0.3, 0.4) is 0 Å². The molecule has 3 heteroatoms. The molecule has 0 saturated heterocycles. The molecule has 0 aromatic heterocycles. The number of carbonyl (C=O) groups excluding carboxylic acids is 1. The molecular weight excluding hydrogens is 142 g/mol. The number of nitrogens with one attached hydrogen (secondary N) is 1. The fourth-order valence-electron chi connectivity index (χ4n) is 0.687. The summed E-state index contributed by atoms with van der Waals surface area (Å²) in [5.41, 5.74) is 0. The Bertz CT molecular complexity index is 113. The zero-order valence-corrected chi connectivity index (χ0v) is 7.26. The van der Waals surface area contributed by atoms with Crippen molar-refractivity contribution in [1.82, 2.24) is 5.32 Å². The molecule has 0 aliphatic carbocycles. The van der Waals surface area contributed by atoms with Gasteiger partial charge in [0.25, 0.3) is 0 Å². The van der Waals surface area contributed by atoms with E-state index in [1.54, 1.807) is 6.92 Å². The topological polar surface area (TPSA) is 49.3 Å². The Morgan fingerprint density at radius 1 is 1.64 bits per heavy atom. The van der Waals surface area contributed by atoms with Crippen LogP contribution in [0.15, 0.2) is 0 Å². The van der Waals surface area contributed by atoms with Crippen molar-refractivity contribution in [2.45, 2.75) is 39.2 Å². The standard InChI is InChI=1S/C8H17NO2/c1-3-4-5-8(11)9-6-7(2)10/h7,10H,3-6H2,1-2H3,(H,9,11)/t7-/m1/s1. The Balaban J connectivity index is 3.23. The van der Waals surface area contributed by atoms with E-state index in [1.165, 1.54) is 0 Å². The van der Waals surface area contributed by atoms with E-state index in [0.717, 1.165) is 12.8 Å². The van der Waals surface area contributed by atoms with Crippen molar-refractivity contribution in [2.75, 3.05) is 6.54 Å². The summed E-state index contributed by atoms with van der Waals surface area (Å²) in [5.74, 6) is 0.0350. The summed E-state index contributed by atoms with van der Waals surface area (Å²) < 4.78 is 0. The van der Waals surface area contributed by atoms with Crippen LogP contribution in [0.2, 0.25) is 0 Å². The van der Waals surface area contributed by atoms with E-state index in [0.29, 0.717) is 13.0 Å². The summed E-state index contributed by atoms with van der Waals surface area (Å²) in [6, 6.07) is 0. The monoisotopic (exact) mass is 159 g/mol. The summed E-state index contributed by atoms with van der Waals surface area (Å²) >= 11 is 0. The lowest BCUT2D eigenvalue weighted by Gasteiger charge is -2.05. The zero-order chi connectivity index (χ0) is 8.69. The molecule has 0 aromatic rings. The van der Waals surface area contributed by atoms with Gasteiger partial charge in [-0.1, -0.05) is 13.3 Å². The predicted octanol–water partition coefficient (Wildman–Crippen LogP) is 0.674. The number of hydrogen-bond donors (Lipinski definition) is 2. The molecule has 0 aliphatic heterocycles. The second kappa shape index (κ2) is 6.16. The van der Waals surface area contributed by atoms with Gasteiger partial charge in [0.2, 0.25) is 5.91 Å². The molecule has 0 aromatic carbocycles. The zero-order valence-electron chi connectivity index (χ0n) is 7.26. The van der Waals surface area contributed by atoms with E-state index in [4.69, 9.17) is 5.11 Å². The molecule has 0 saturated carbocycles. The summed E-state index contributed by atoms with van der Waals surface area (Å²) in [6.07, 6.45) is 2.08. The predicted molar refractivity (Wildman–Crippen MR) is 44.2 cm³/mol. The van der Waals surface area contributed by atoms with Gasteiger partial charge in [-0.2, -0.15) is 0 Å². The van der Waals surface area contributed by atoms with Gasteiger partial charge in [0.15, 0.2) is 0 Å². The Kier molecular flexibility index (Phi) is 5.84. The number of amides is 1. The highest BCUT2D eigenvalue weighted by Crippen LogP contribution is 1.92. The van der Waals surface area contributed by atoms with E-state index in [9.17, 15) is 4.79 Å². The molecule has 0 heterocycles. The van der Waals surface area contributed by atoms with Gasteiger partial charge in [-0.25, -0.2) is 0 Å². The average Bonchev–Trinajstić information content (AvgIpc) is 1.97. The average molecular weight is 159 g/mol. The lowest BCUT2D eigenvalue weighted by Crippen LogP contribution is -2.30. The Morgan fingerprint density at radius 2 is 2.27 bits per heavy atom. The molecule has 1 atom stereocenters. The number of aliphatic hydroxyl groups excluding tert-OH is 1. The van der Waals surface area contributed by atoms with Gasteiger partial charge < -0.3 is 10.4 Å². The fourth-order valence-corrected chi connectivity index (χ4v) is 0.687. The van der Waals surface area contributed by atoms with Crippen molar-refractivity contribution in [3.63, 3.8) is 0 Å². The molecule has 0 radical (unpaired) electrons. The quantitative estimate of drug-likeness (QED) is 0.619. The molecule has 0 unspecified atom stereocenters. The minimum atomic E-state index is -0.444. The molecule has 1 amide bonds. The molecule has 0 spiro atoms. The summed E-state index contributed by atoms with van der Waals surface area (Å²) in [6.45, 7) is 4.06. The van der Waals surface area contributed by atoms with E-state index in [1.807, 2.05) is 6.92 Å². The van der Waals surface area contributed by atoms with Crippen LogP contribution < -0.4 is 5.32 Å². The van der Waals surface area contributed by atoms with Crippen molar-refractivity contribution in [1.29, 1.82) is 0 Å². The van der Waals surface area contributed by atoms with Crippen molar-refractivity contribution < 1.29 is 9.90 Å². The van der Waals surface area contributed by atoms with E-state index >= 15 is 0 Å². The first-order chi connectivity index (χ1) is 5.16. The largest absolute Gasteiger partial charge is 0.392 e. The molecule has 0 rings (SSSR count). The van der Waals surface area contributed by atoms with Crippen molar-refractivity contribution in [3.8, 4) is 0 Å². The maximum Gasteiger partial charge on any atom is 0.220 e. The summed E-state index contributed by atoms with van der Waals surface area (Å²) in [5, 5.41) is 11.4. The number of aliphatic hydroxyl groups is 1. The summed E-state index contributed by atoms with van der Waals surface area (Å²) in [4.78, 5) is 10.9. The minimum Gasteiger partial charge on any atom is -0.392 e. The van der Waals surface area contributed by atoms with Crippen LogP contribution in [0.4, 0.5) is 0 Å². The molecule has 66 valence electrons. The fraction of sp³-hybridized carbons (Fsp3) is 0.875. The van der Waals surface area contributed by atoms with Gasteiger partial charge in [0.05, 0.1) is 6.10 Å². The van der Waals surface area contributed by atoms with E-state index < -0.39 is 6.10 Å². The van der Waals surface area contributed by atoms with Crippen LogP contribution in [-0.4, -0.2) is 23.7 Å². The molecule has 0 fully saturated rings. The van der Waals surface area contributed by atoms with E-state index in [-0.39, 0.29) is 5.91 Å². The molecular formula is C8H17NO2. The Morgan fingerprint density at radius 3 is 2.73 bits per heavy atom. The van der Waals surface area contributed by atoms with Gasteiger partial charge in [-0.05, 0) is 13.3 Å². The third-order valence-electron chi connectivity index (χ3n) is 1.35.